The monoisotopic (exact) mass is 369 g/mol. The first-order valence-electron chi connectivity index (χ1n) is 8.47. The standard InChI is InChI=1S/C18H27N3O3.ClH/c1-3-18(19,4-2)13-20-17(23)15-11-24-12-16(22)21(15)10-14-8-6-5-7-9-14;/h5-9,15H,3-4,10-13,19H2,1-2H3,(H,20,23);1H/t15-;/m1./s1. The lowest BCUT2D eigenvalue weighted by atomic mass is 9.94. The molecule has 3 N–H and O–H groups in total. The van der Waals surface area contributed by atoms with Crippen molar-refractivity contribution in [3.05, 3.63) is 35.9 Å². The maximum absolute atomic E-state index is 12.6. The Morgan fingerprint density at radius 1 is 1.32 bits per heavy atom. The van der Waals surface area contributed by atoms with Crippen LogP contribution >= 0.6 is 12.4 Å². The molecule has 2 amide bonds. The van der Waals surface area contributed by atoms with Crippen LogP contribution in [0.3, 0.4) is 0 Å². The van der Waals surface area contributed by atoms with Crippen molar-refractivity contribution in [3.63, 3.8) is 0 Å². The van der Waals surface area contributed by atoms with Crippen molar-refractivity contribution in [2.24, 2.45) is 5.73 Å². The number of rotatable bonds is 7. The molecule has 0 unspecified atom stereocenters. The fourth-order valence-corrected chi connectivity index (χ4v) is 2.68. The molecule has 1 aromatic carbocycles. The molecule has 1 atom stereocenters. The van der Waals surface area contributed by atoms with E-state index in [0.717, 1.165) is 18.4 Å². The molecule has 0 aromatic heterocycles. The van der Waals surface area contributed by atoms with E-state index in [9.17, 15) is 9.59 Å². The van der Waals surface area contributed by atoms with Gasteiger partial charge in [0, 0.05) is 18.6 Å². The van der Waals surface area contributed by atoms with Crippen LogP contribution in [0.2, 0.25) is 0 Å². The predicted octanol–water partition coefficient (Wildman–Crippen LogP) is 1.47. The van der Waals surface area contributed by atoms with Gasteiger partial charge in [0.15, 0.2) is 0 Å². The molecule has 7 heteroatoms. The molecule has 2 rings (SSSR count). The van der Waals surface area contributed by atoms with Gasteiger partial charge in [-0.3, -0.25) is 9.59 Å². The van der Waals surface area contributed by atoms with Crippen molar-refractivity contribution < 1.29 is 14.3 Å². The Morgan fingerprint density at radius 2 is 1.96 bits per heavy atom. The van der Waals surface area contributed by atoms with Crippen LogP contribution in [0.4, 0.5) is 0 Å². The van der Waals surface area contributed by atoms with Crippen molar-refractivity contribution in [2.45, 2.75) is 44.8 Å². The van der Waals surface area contributed by atoms with Crippen molar-refractivity contribution in [2.75, 3.05) is 19.8 Å². The molecule has 6 nitrogen and oxygen atoms in total. The van der Waals surface area contributed by atoms with E-state index >= 15 is 0 Å². The van der Waals surface area contributed by atoms with E-state index in [1.807, 2.05) is 44.2 Å². The molecule has 0 saturated carbocycles. The lowest BCUT2D eigenvalue weighted by Gasteiger charge is -2.35. The first-order chi connectivity index (χ1) is 11.5. The molecular formula is C18H28ClN3O3. The number of carbonyl (C=O) groups excluding carboxylic acids is 2. The number of nitrogens with two attached hydrogens (primary N) is 1. The van der Waals surface area contributed by atoms with Crippen molar-refractivity contribution in [1.82, 2.24) is 10.2 Å². The topological polar surface area (TPSA) is 84.7 Å². The summed E-state index contributed by atoms with van der Waals surface area (Å²) in [5, 5.41) is 2.89. The van der Waals surface area contributed by atoms with E-state index < -0.39 is 11.6 Å². The number of benzene rings is 1. The van der Waals surface area contributed by atoms with Crippen molar-refractivity contribution in [1.29, 1.82) is 0 Å². The van der Waals surface area contributed by atoms with Gasteiger partial charge >= 0.3 is 0 Å². The second-order valence-electron chi connectivity index (χ2n) is 6.33. The lowest BCUT2D eigenvalue weighted by Crippen LogP contribution is -2.58. The highest BCUT2D eigenvalue weighted by atomic mass is 35.5. The molecule has 25 heavy (non-hydrogen) atoms. The SMILES string of the molecule is CCC(N)(CC)CNC(=O)[C@H]1COCC(=O)N1Cc1ccccc1.Cl. The summed E-state index contributed by atoms with van der Waals surface area (Å²) in [6.07, 6.45) is 1.55. The summed E-state index contributed by atoms with van der Waals surface area (Å²) in [6.45, 7) is 5.02. The van der Waals surface area contributed by atoms with Crippen LogP contribution in [0.1, 0.15) is 32.3 Å². The number of amides is 2. The zero-order chi connectivity index (χ0) is 17.6. The zero-order valence-corrected chi connectivity index (χ0v) is 15.7. The van der Waals surface area contributed by atoms with Gasteiger partial charge < -0.3 is 20.7 Å². The van der Waals surface area contributed by atoms with Gasteiger partial charge in [-0.2, -0.15) is 0 Å². The summed E-state index contributed by atoms with van der Waals surface area (Å²) in [5.74, 6) is -0.383. The van der Waals surface area contributed by atoms with Gasteiger partial charge in [0.1, 0.15) is 12.6 Å². The normalized spacial score (nSPS) is 17.8. The predicted molar refractivity (Wildman–Crippen MR) is 99.4 cm³/mol. The number of hydrogen-bond donors (Lipinski definition) is 2. The Morgan fingerprint density at radius 3 is 2.56 bits per heavy atom. The van der Waals surface area contributed by atoms with Crippen LogP contribution in [-0.4, -0.2) is 48.1 Å². The van der Waals surface area contributed by atoms with Crippen LogP contribution in [0, 0.1) is 0 Å². The Kier molecular flexibility index (Phi) is 8.35. The zero-order valence-electron chi connectivity index (χ0n) is 14.9. The summed E-state index contributed by atoms with van der Waals surface area (Å²) in [7, 11) is 0. The summed E-state index contributed by atoms with van der Waals surface area (Å²) in [5.41, 5.74) is 6.80. The van der Waals surface area contributed by atoms with Gasteiger partial charge in [0.25, 0.3) is 0 Å². The minimum absolute atomic E-state index is 0. The average molecular weight is 370 g/mol. The average Bonchev–Trinajstić information content (AvgIpc) is 2.62. The number of hydrogen-bond acceptors (Lipinski definition) is 4. The van der Waals surface area contributed by atoms with E-state index in [0.29, 0.717) is 13.1 Å². The number of carbonyl (C=O) groups is 2. The Labute approximate surface area is 155 Å². The highest BCUT2D eigenvalue weighted by molar-refractivity contribution is 5.89. The molecule has 0 radical (unpaired) electrons. The number of nitrogens with zero attached hydrogens (tertiary/aromatic N) is 1. The van der Waals surface area contributed by atoms with Crippen molar-refractivity contribution >= 4 is 24.2 Å². The second-order valence-corrected chi connectivity index (χ2v) is 6.33. The van der Waals surface area contributed by atoms with Gasteiger partial charge in [0.05, 0.1) is 6.61 Å². The molecule has 1 aromatic rings. The first kappa shape index (κ1) is 21.4. The van der Waals surface area contributed by atoms with Gasteiger partial charge in [-0.05, 0) is 18.4 Å². The van der Waals surface area contributed by atoms with Crippen LogP contribution in [-0.2, 0) is 20.9 Å². The third-order valence-corrected chi connectivity index (χ3v) is 4.72. The van der Waals surface area contributed by atoms with E-state index in [4.69, 9.17) is 10.5 Å². The summed E-state index contributed by atoms with van der Waals surface area (Å²) >= 11 is 0. The van der Waals surface area contributed by atoms with Crippen LogP contribution in [0.25, 0.3) is 0 Å². The number of morpholine rings is 1. The molecule has 0 bridgehead atoms. The maximum atomic E-state index is 12.6. The van der Waals surface area contributed by atoms with Crippen molar-refractivity contribution in [3.8, 4) is 0 Å². The highest BCUT2D eigenvalue weighted by Crippen LogP contribution is 2.15. The minimum atomic E-state index is -0.621. The van der Waals surface area contributed by atoms with E-state index in [2.05, 4.69) is 5.32 Å². The number of ether oxygens (including phenoxy) is 1. The molecule has 1 aliphatic rings. The molecule has 140 valence electrons. The summed E-state index contributed by atoms with van der Waals surface area (Å²) in [4.78, 5) is 26.4. The first-order valence-corrected chi connectivity index (χ1v) is 8.47. The Bertz CT molecular complexity index is 564. The third kappa shape index (κ3) is 5.70. The minimum Gasteiger partial charge on any atom is -0.369 e. The number of nitrogens with one attached hydrogen (secondary N) is 1. The third-order valence-electron chi connectivity index (χ3n) is 4.72. The quantitative estimate of drug-likeness (QED) is 0.762. The van der Waals surface area contributed by atoms with Gasteiger partial charge in [-0.1, -0.05) is 44.2 Å². The smallest absolute Gasteiger partial charge is 0.249 e. The van der Waals surface area contributed by atoms with Crippen LogP contribution in [0.5, 0.6) is 0 Å². The van der Waals surface area contributed by atoms with E-state index in [-0.39, 0.29) is 37.4 Å². The number of halogens is 1. The maximum Gasteiger partial charge on any atom is 0.249 e. The van der Waals surface area contributed by atoms with Crippen LogP contribution < -0.4 is 11.1 Å². The van der Waals surface area contributed by atoms with Gasteiger partial charge in [-0.15, -0.1) is 12.4 Å². The molecule has 0 aliphatic carbocycles. The molecule has 1 saturated heterocycles. The lowest BCUT2D eigenvalue weighted by molar-refractivity contribution is -0.155. The molecule has 1 aliphatic heterocycles. The largest absolute Gasteiger partial charge is 0.369 e. The molecule has 0 spiro atoms. The van der Waals surface area contributed by atoms with Crippen LogP contribution in [0.15, 0.2) is 30.3 Å². The van der Waals surface area contributed by atoms with Gasteiger partial charge in [0.2, 0.25) is 11.8 Å². The second kappa shape index (κ2) is 9.75. The van der Waals surface area contributed by atoms with Gasteiger partial charge in [-0.25, -0.2) is 0 Å². The molecular weight excluding hydrogens is 342 g/mol. The Balaban J connectivity index is 0.00000312. The fraction of sp³-hybridized carbons (Fsp3) is 0.556. The van der Waals surface area contributed by atoms with E-state index in [1.54, 1.807) is 4.90 Å². The van der Waals surface area contributed by atoms with E-state index in [1.165, 1.54) is 0 Å². The fourth-order valence-electron chi connectivity index (χ4n) is 2.68. The molecule has 1 fully saturated rings. The summed E-state index contributed by atoms with van der Waals surface area (Å²) < 4.78 is 5.28. The molecule has 1 heterocycles. The highest BCUT2D eigenvalue weighted by Gasteiger charge is 2.34. The Hall–Kier alpha value is -1.63. The summed E-state index contributed by atoms with van der Waals surface area (Å²) in [6, 6.07) is 9.02.